The van der Waals surface area contributed by atoms with Crippen LogP contribution in [0.5, 0.6) is 0 Å². The smallest absolute Gasteiger partial charge is 0.462 e. The summed E-state index contributed by atoms with van der Waals surface area (Å²) in [4.78, 5) is 34.9. The maximum atomic E-state index is 12.6. The number of unbranched alkanes of at least 4 members (excludes halogenated alkanes) is 19. The van der Waals surface area contributed by atoms with Gasteiger partial charge in [-0.3, -0.25) is 18.6 Å². The monoisotopic (exact) mass is 822 g/mol. The summed E-state index contributed by atoms with van der Waals surface area (Å²) in [7, 11) is -4.39. The average molecular weight is 822 g/mol. The van der Waals surface area contributed by atoms with E-state index in [1.807, 2.05) is 0 Å². The number of hydrogen-bond acceptors (Lipinski definition) is 8. The molecular formula is C47H84NO8P. The quantitative estimate of drug-likeness (QED) is 0.0267. The molecule has 0 spiro atoms. The van der Waals surface area contributed by atoms with Crippen LogP contribution in [0.1, 0.15) is 194 Å². The highest BCUT2D eigenvalue weighted by molar-refractivity contribution is 7.47. The Balaban J connectivity index is 4.16. The van der Waals surface area contributed by atoms with Crippen molar-refractivity contribution in [1.29, 1.82) is 0 Å². The predicted octanol–water partition coefficient (Wildman–Crippen LogP) is 13.3. The molecule has 3 N–H and O–H groups in total. The zero-order valence-electron chi connectivity index (χ0n) is 36.3. The van der Waals surface area contributed by atoms with Gasteiger partial charge in [0.25, 0.3) is 0 Å². The van der Waals surface area contributed by atoms with Gasteiger partial charge in [0.05, 0.1) is 13.2 Å². The molecule has 0 aromatic rings. The van der Waals surface area contributed by atoms with Crippen LogP contribution < -0.4 is 5.73 Å². The Morgan fingerprint density at radius 3 is 1.46 bits per heavy atom. The van der Waals surface area contributed by atoms with Crippen LogP contribution in [-0.4, -0.2) is 49.3 Å². The summed E-state index contributed by atoms with van der Waals surface area (Å²) in [5, 5.41) is 0. The van der Waals surface area contributed by atoms with Gasteiger partial charge in [0.15, 0.2) is 6.10 Å². The fraction of sp³-hybridized carbons (Fsp3) is 0.745. The first-order valence-electron chi connectivity index (χ1n) is 22.8. The number of hydrogen-bond donors (Lipinski definition) is 2. The van der Waals surface area contributed by atoms with Crippen LogP contribution in [0.2, 0.25) is 0 Å². The van der Waals surface area contributed by atoms with Crippen LogP contribution in [-0.2, 0) is 32.7 Å². The van der Waals surface area contributed by atoms with Crippen molar-refractivity contribution in [2.45, 2.75) is 200 Å². The standard InChI is InChI=1S/C47H84NO8P/c1-3-5-7-9-11-13-15-17-19-21-22-24-25-27-29-31-33-35-37-39-46(49)53-43-45(44-55-57(51,52)54-42-41-48)56-47(50)40-38-36-34-32-30-28-26-23-20-18-16-14-12-10-8-6-4-2/h6,8,12,14,17-20,26,28,45H,3-5,7,9-11,13,15-16,21-25,27,29-44,48H2,1-2H3,(H,51,52)/b8-6-,14-12-,19-17-,20-18-,28-26-/t45-/m1/s1. The summed E-state index contributed by atoms with van der Waals surface area (Å²) in [6, 6.07) is 0. The van der Waals surface area contributed by atoms with Crippen LogP contribution >= 0.6 is 7.82 Å². The van der Waals surface area contributed by atoms with E-state index in [9.17, 15) is 19.0 Å². The lowest BCUT2D eigenvalue weighted by Gasteiger charge is -2.19. The fourth-order valence-electron chi connectivity index (χ4n) is 6.03. The second-order valence-electron chi connectivity index (χ2n) is 14.9. The first-order chi connectivity index (χ1) is 27.8. The molecule has 0 amide bonds. The molecule has 0 saturated carbocycles. The van der Waals surface area contributed by atoms with Gasteiger partial charge in [0.2, 0.25) is 0 Å². The molecule has 2 atom stereocenters. The van der Waals surface area contributed by atoms with Crippen LogP contribution in [0.4, 0.5) is 0 Å². The summed E-state index contributed by atoms with van der Waals surface area (Å²) in [5.41, 5.74) is 5.35. The topological polar surface area (TPSA) is 134 Å². The molecule has 10 heteroatoms. The minimum absolute atomic E-state index is 0.0465. The molecule has 0 heterocycles. The van der Waals surface area contributed by atoms with Crippen molar-refractivity contribution in [3.8, 4) is 0 Å². The highest BCUT2D eigenvalue weighted by atomic mass is 31.2. The lowest BCUT2D eigenvalue weighted by Crippen LogP contribution is -2.29. The molecule has 0 fully saturated rings. The first-order valence-corrected chi connectivity index (χ1v) is 24.3. The normalized spacial score (nSPS) is 13.8. The Hall–Kier alpha value is -2.29. The van der Waals surface area contributed by atoms with Gasteiger partial charge in [-0.2, -0.15) is 0 Å². The van der Waals surface area contributed by atoms with Gasteiger partial charge in [-0.15, -0.1) is 0 Å². The molecule has 0 aliphatic rings. The Morgan fingerprint density at radius 1 is 0.544 bits per heavy atom. The first kappa shape index (κ1) is 54.7. The highest BCUT2D eigenvalue weighted by Gasteiger charge is 2.26. The van der Waals surface area contributed by atoms with Gasteiger partial charge in [0, 0.05) is 19.4 Å². The van der Waals surface area contributed by atoms with Gasteiger partial charge in [-0.05, 0) is 77.0 Å². The van der Waals surface area contributed by atoms with E-state index in [1.54, 1.807) is 0 Å². The highest BCUT2D eigenvalue weighted by Crippen LogP contribution is 2.43. The predicted molar refractivity (Wildman–Crippen MR) is 238 cm³/mol. The summed E-state index contributed by atoms with van der Waals surface area (Å²) in [5.74, 6) is -0.859. The number of nitrogens with two attached hydrogens (primary N) is 1. The molecule has 330 valence electrons. The number of carbonyl (C=O) groups is 2. The summed E-state index contributed by atoms with van der Waals surface area (Å²) < 4.78 is 32.8. The zero-order valence-corrected chi connectivity index (χ0v) is 37.2. The third-order valence-electron chi connectivity index (χ3n) is 9.39. The molecule has 0 rings (SSSR count). The largest absolute Gasteiger partial charge is 0.472 e. The van der Waals surface area contributed by atoms with Crippen LogP contribution in [0.25, 0.3) is 0 Å². The van der Waals surface area contributed by atoms with Gasteiger partial charge >= 0.3 is 19.8 Å². The molecule has 9 nitrogen and oxygen atoms in total. The number of carbonyl (C=O) groups excluding carboxylic acids is 2. The molecule has 0 aromatic carbocycles. The van der Waals surface area contributed by atoms with E-state index in [0.717, 1.165) is 70.6 Å². The molecule has 0 aliphatic heterocycles. The van der Waals surface area contributed by atoms with Gasteiger partial charge in [-0.1, -0.05) is 164 Å². The molecular weight excluding hydrogens is 737 g/mol. The van der Waals surface area contributed by atoms with Crippen molar-refractivity contribution in [2.24, 2.45) is 5.73 Å². The van der Waals surface area contributed by atoms with Crippen molar-refractivity contribution in [2.75, 3.05) is 26.4 Å². The van der Waals surface area contributed by atoms with Crippen molar-refractivity contribution in [3.05, 3.63) is 60.8 Å². The van der Waals surface area contributed by atoms with Gasteiger partial charge in [0.1, 0.15) is 6.61 Å². The summed E-state index contributed by atoms with van der Waals surface area (Å²) >= 11 is 0. The lowest BCUT2D eigenvalue weighted by atomic mass is 10.1. The van der Waals surface area contributed by atoms with Crippen molar-refractivity contribution >= 4 is 19.8 Å². The van der Waals surface area contributed by atoms with E-state index >= 15 is 0 Å². The number of phosphoric ester groups is 1. The Bertz CT molecular complexity index is 1120. The minimum Gasteiger partial charge on any atom is -0.462 e. The van der Waals surface area contributed by atoms with E-state index in [-0.39, 0.29) is 32.6 Å². The summed E-state index contributed by atoms with van der Waals surface area (Å²) in [6.07, 6.45) is 51.1. The maximum Gasteiger partial charge on any atom is 0.472 e. The summed E-state index contributed by atoms with van der Waals surface area (Å²) in [6.45, 7) is 3.59. The molecule has 0 saturated heterocycles. The van der Waals surface area contributed by atoms with Crippen LogP contribution in [0.3, 0.4) is 0 Å². The number of allylic oxidation sites excluding steroid dienone is 10. The van der Waals surface area contributed by atoms with Crippen LogP contribution in [0, 0.1) is 0 Å². The third-order valence-corrected chi connectivity index (χ3v) is 10.4. The van der Waals surface area contributed by atoms with E-state index in [0.29, 0.717) is 6.42 Å². The second kappa shape index (κ2) is 43.3. The molecule has 0 aliphatic carbocycles. The molecule has 0 aromatic heterocycles. The Morgan fingerprint density at radius 2 is 0.965 bits per heavy atom. The van der Waals surface area contributed by atoms with Crippen molar-refractivity contribution in [1.82, 2.24) is 0 Å². The SMILES string of the molecule is CC/C=C\C/C=C\C/C=C\C/C=C\CCCCCCC(=O)O[C@H](COC(=O)CCCCCCCCCCC/C=C\CCCCCCCC)COP(=O)(O)OCCN. The van der Waals surface area contributed by atoms with Gasteiger partial charge < -0.3 is 20.1 Å². The van der Waals surface area contributed by atoms with E-state index in [4.69, 9.17) is 24.3 Å². The molecule has 0 radical (unpaired) electrons. The van der Waals surface area contributed by atoms with Crippen molar-refractivity contribution in [3.63, 3.8) is 0 Å². The van der Waals surface area contributed by atoms with E-state index in [1.165, 1.54) is 89.9 Å². The second-order valence-corrected chi connectivity index (χ2v) is 16.3. The van der Waals surface area contributed by atoms with E-state index < -0.39 is 32.5 Å². The number of ether oxygens (including phenoxy) is 2. The molecule has 1 unspecified atom stereocenters. The van der Waals surface area contributed by atoms with Crippen molar-refractivity contribution < 1.29 is 37.6 Å². The number of rotatable bonds is 42. The van der Waals surface area contributed by atoms with Crippen LogP contribution in [0.15, 0.2) is 60.8 Å². The van der Waals surface area contributed by atoms with Gasteiger partial charge in [-0.25, -0.2) is 4.57 Å². The van der Waals surface area contributed by atoms with E-state index in [2.05, 4.69) is 74.6 Å². The number of phosphoric acid groups is 1. The Labute approximate surface area is 349 Å². The molecule has 57 heavy (non-hydrogen) atoms. The minimum atomic E-state index is -4.39. The molecule has 0 bridgehead atoms. The zero-order chi connectivity index (χ0) is 41.8. The number of esters is 2. The average Bonchev–Trinajstić information content (AvgIpc) is 3.20. The lowest BCUT2D eigenvalue weighted by molar-refractivity contribution is -0.161. The Kier molecular flexibility index (Phi) is 41.6. The maximum absolute atomic E-state index is 12.6. The third kappa shape index (κ3) is 43.1. The fourth-order valence-corrected chi connectivity index (χ4v) is 6.80.